The minimum atomic E-state index is -0.521. The van der Waals surface area contributed by atoms with Crippen LogP contribution < -0.4 is 5.73 Å². The van der Waals surface area contributed by atoms with Crippen molar-refractivity contribution >= 4 is 13.6 Å². The van der Waals surface area contributed by atoms with E-state index in [1.807, 2.05) is 13.3 Å². The molecule has 0 unspecified atom stereocenters. The predicted molar refractivity (Wildman–Crippen MR) is 28.4 cm³/mol. The van der Waals surface area contributed by atoms with Gasteiger partial charge in [0.25, 0.3) is 0 Å². The van der Waals surface area contributed by atoms with E-state index in [4.69, 9.17) is 5.73 Å². The average molecular weight is 105 g/mol. The number of hydrogen-bond donors (Lipinski definition) is 1. The second-order valence-electron chi connectivity index (χ2n) is 1.23. The Kier molecular flexibility index (Phi) is 2.11. The second kappa shape index (κ2) is 2.14. The van der Waals surface area contributed by atoms with Crippen molar-refractivity contribution in [2.45, 2.75) is 0 Å². The van der Waals surface area contributed by atoms with Crippen LogP contribution in [-0.2, 0) is 0 Å². The van der Waals surface area contributed by atoms with Gasteiger partial charge in [-0.1, -0.05) is 0 Å². The van der Waals surface area contributed by atoms with Crippen molar-refractivity contribution in [2.75, 3.05) is 13.3 Å². The van der Waals surface area contributed by atoms with Gasteiger partial charge in [0.15, 0.2) is 0 Å². The number of carbonyl (C=O) groups is 1. The normalized spacial score (nSPS) is 9.17. The predicted octanol–water partition coefficient (Wildman–Crippen LogP) is 0.807. The molecule has 0 aromatic rings. The highest BCUT2D eigenvalue weighted by Crippen LogP contribution is 2.22. The van der Waals surface area contributed by atoms with Crippen LogP contribution in [0.4, 0.5) is 4.79 Å². The number of carbonyl (C=O) groups excluding carboxylic acids is 1. The first kappa shape index (κ1) is 5.90. The minimum absolute atomic E-state index is 0.176. The summed E-state index contributed by atoms with van der Waals surface area (Å²) in [6.45, 7) is 3.66. The van der Waals surface area contributed by atoms with E-state index < -0.39 is 7.92 Å². The third-order valence-corrected chi connectivity index (χ3v) is 1.32. The fourth-order valence-corrected chi connectivity index (χ4v) is 0. The van der Waals surface area contributed by atoms with Crippen LogP contribution in [0.3, 0.4) is 0 Å². The largest absolute Gasteiger partial charge is 0.366 e. The maximum Gasteiger partial charge on any atom is 0.237 e. The van der Waals surface area contributed by atoms with E-state index in [1.54, 1.807) is 0 Å². The Labute approximate surface area is 38.5 Å². The van der Waals surface area contributed by atoms with Crippen LogP contribution in [0, 0.1) is 0 Å². The van der Waals surface area contributed by atoms with Gasteiger partial charge in [-0.25, -0.2) is 0 Å². The summed E-state index contributed by atoms with van der Waals surface area (Å²) < 4.78 is 0. The summed E-state index contributed by atoms with van der Waals surface area (Å²) in [6, 6.07) is 0. The molecule has 0 radical (unpaired) electrons. The molecule has 0 fully saturated rings. The zero-order valence-corrected chi connectivity index (χ0v) is 4.83. The van der Waals surface area contributed by atoms with Gasteiger partial charge in [0.1, 0.15) is 0 Å². The van der Waals surface area contributed by atoms with Crippen molar-refractivity contribution in [3.05, 3.63) is 0 Å². The van der Waals surface area contributed by atoms with E-state index in [1.165, 1.54) is 0 Å². The Hall–Kier alpha value is -0.100. The molecule has 2 nitrogen and oxygen atoms in total. The molecule has 36 valence electrons. The van der Waals surface area contributed by atoms with Gasteiger partial charge in [0.2, 0.25) is 5.65 Å². The van der Waals surface area contributed by atoms with E-state index in [9.17, 15) is 4.79 Å². The highest BCUT2D eigenvalue weighted by Gasteiger charge is 1.95. The Morgan fingerprint density at radius 2 is 1.83 bits per heavy atom. The monoisotopic (exact) mass is 105 g/mol. The minimum Gasteiger partial charge on any atom is -0.366 e. The van der Waals surface area contributed by atoms with Gasteiger partial charge in [0, 0.05) is 0 Å². The van der Waals surface area contributed by atoms with Gasteiger partial charge in [0.05, 0.1) is 0 Å². The number of hydrogen-bond acceptors (Lipinski definition) is 1. The zero-order chi connectivity index (χ0) is 5.15. The maximum absolute atomic E-state index is 9.95. The lowest BCUT2D eigenvalue weighted by Gasteiger charge is -1.91. The molecule has 0 heterocycles. The molecule has 0 aliphatic heterocycles. The Balaban J connectivity index is 3.26. The number of nitrogens with two attached hydrogens (primary N) is 1. The third-order valence-electron chi connectivity index (χ3n) is 0.441. The van der Waals surface area contributed by atoms with Gasteiger partial charge in [-0.15, -0.1) is 0 Å². The number of primary amides is 1. The van der Waals surface area contributed by atoms with Crippen molar-refractivity contribution in [3.63, 3.8) is 0 Å². The van der Waals surface area contributed by atoms with E-state index in [-0.39, 0.29) is 5.65 Å². The molecule has 3 heteroatoms. The van der Waals surface area contributed by atoms with Crippen LogP contribution in [-0.4, -0.2) is 19.0 Å². The Bertz CT molecular complexity index is 61.8. The lowest BCUT2D eigenvalue weighted by atomic mass is 11.4. The number of amides is 1. The van der Waals surface area contributed by atoms with Crippen molar-refractivity contribution in [1.82, 2.24) is 0 Å². The van der Waals surface area contributed by atoms with Crippen LogP contribution in [0.15, 0.2) is 0 Å². The molecule has 0 saturated carbocycles. The molecule has 0 bridgehead atoms. The molecule has 0 rings (SSSR count). The molecule has 0 aliphatic carbocycles. The topological polar surface area (TPSA) is 43.1 Å². The van der Waals surface area contributed by atoms with E-state index in [0.717, 1.165) is 0 Å². The molecule has 0 aliphatic rings. The molecular weight excluding hydrogens is 97.0 g/mol. The molecular formula is C3H8NOP. The molecule has 0 aromatic heterocycles. The van der Waals surface area contributed by atoms with Crippen LogP contribution in [0.2, 0.25) is 0 Å². The van der Waals surface area contributed by atoms with Crippen molar-refractivity contribution < 1.29 is 4.79 Å². The summed E-state index contributed by atoms with van der Waals surface area (Å²) in [4.78, 5) is 9.95. The van der Waals surface area contributed by atoms with Crippen LogP contribution in [0.1, 0.15) is 0 Å². The lowest BCUT2D eigenvalue weighted by Crippen LogP contribution is -2.03. The maximum atomic E-state index is 9.95. The van der Waals surface area contributed by atoms with Crippen molar-refractivity contribution in [3.8, 4) is 0 Å². The van der Waals surface area contributed by atoms with Crippen LogP contribution in [0.5, 0.6) is 0 Å². The van der Waals surface area contributed by atoms with Gasteiger partial charge in [-0.2, -0.15) is 0 Å². The van der Waals surface area contributed by atoms with E-state index in [2.05, 4.69) is 0 Å². The van der Waals surface area contributed by atoms with Crippen molar-refractivity contribution in [2.24, 2.45) is 5.73 Å². The Morgan fingerprint density at radius 1 is 1.67 bits per heavy atom. The molecule has 0 atom stereocenters. The summed E-state index contributed by atoms with van der Waals surface area (Å²) in [7, 11) is -0.521. The molecule has 0 saturated heterocycles. The molecule has 0 spiro atoms. The lowest BCUT2D eigenvalue weighted by molar-refractivity contribution is 0.266. The smallest absolute Gasteiger partial charge is 0.237 e. The van der Waals surface area contributed by atoms with Crippen molar-refractivity contribution in [1.29, 1.82) is 0 Å². The summed E-state index contributed by atoms with van der Waals surface area (Å²) >= 11 is 0. The molecule has 2 N–H and O–H groups in total. The van der Waals surface area contributed by atoms with Crippen LogP contribution >= 0.6 is 7.92 Å². The van der Waals surface area contributed by atoms with Gasteiger partial charge in [-0.3, -0.25) is 4.79 Å². The van der Waals surface area contributed by atoms with E-state index >= 15 is 0 Å². The first-order valence-corrected chi connectivity index (χ1v) is 3.85. The van der Waals surface area contributed by atoms with Gasteiger partial charge < -0.3 is 5.73 Å². The van der Waals surface area contributed by atoms with E-state index in [0.29, 0.717) is 0 Å². The molecule has 0 aromatic carbocycles. The quantitative estimate of drug-likeness (QED) is 0.492. The summed E-state index contributed by atoms with van der Waals surface area (Å²) in [5.74, 6) is 0. The highest BCUT2D eigenvalue weighted by atomic mass is 31.1. The highest BCUT2D eigenvalue weighted by molar-refractivity contribution is 7.73. The summed E-state index contributed by atoms with van der Waals surface area (Å²) in [5.41, 5.74) is 4.65. The first-order chi connectivity index (χ1) is 2.64. The summed E-state index contributed by atoms with van der Waals surface area (Å²) in [6.07, 6.45) is 0. The van der Waals surface area contributed by atoms with Crippen LogP contribution in [0.25, 0.3) is 0 Å². The van der Waals surface area contributed by atoms with Gasteiger partial charge >= 0.3 is 0 Å². The zero-order valence-electron chi connectivity index (χ0n) is 3.93. The fraction of sp³-hybridized carbons (Fsp3) is 0.667. The molecule has 6 heavy (non-hydrogen) atoms. The number of rotatable bonds is 1. The standard InChI is InChI=1S/C3H8NOP/c1-6(2)3(4)5/h1-2H3,(H2,4,5). The van der Waals surface area contributed by atoms with Gasteiger partial charge in [-0.05, 0) is 21.3 Å². The second-order valence-corrected chi connectivity index (χ2v) is 3.46. The summed E-state index contributed by atoms with van der Waals surface area (Å²) in [5, 5.41) is 0. The average Bonchev–Trinajstić information content (AvgIpc) is 1.36. The third kappa shape index (κ3) is 2.16. The molecule has 1 amide bonds. The Morgan fingerprint density at radius 3 is 1.83 bits per heavy atom. The first-order valence-electron chi connectivity index (χ1n) is 1.61. The fourth-order valence-electron chi connectivity index (χ4n) is 0. The SMILES string of the molecule is CP(C)C(N)=O.